The molecule has 0 aromatic heterocycles. The van der Waals surface area contributed by atoms with Crippen LogP contribution in [-0.2, 0) is 4.79 Å². The number of amides is 2. The molecule has 1 heterocycles. The average molecular weight is 285 g/mol. The number of piperidine rings is 1. The highest BCUT2D eigenvalue weighted by Gasteiger charge is 2.34. The minimum absolute atomic E-state index is 0.172. The first-order valence-corrected chi connectivity index (χ1v) is 7.28. The zero-order valence-electron chi connectivity index (χ0n) is 13.0. The maximum absolute atomic E-state index is 12.7. The van der Waals surface area contributed by atoms with Crippen LogP contribution >= 0.6 is 0 Å². The molecule has 0 aromatic rings. The second kappa shape index (κ2) is 6.92. The summed E-state index contributed by atoms with van der Waals surface area (Å²) in [6.07, 6.45) is 1.84. The van der Waals surface area contributed by atoms with Gasteiger partial charge in [-0.2, -0.15) is 0 Å². The van der Waals surface area contributed by atoms with Crippen LogP contribution in [0.4, 0.5) is 4.79 Å². The van der Waals surface area contributed by atoms with Crippen LogP contribution in [-0.4, -0.2) is 64.7 Å². The molecule has 0 atom stereocenters. The highest BCUT2D eigenvalue weighted by molar-refractivity contribution is 5.81. The number of hydrogen-bond acceptors (Lipinski definition) is 3. The molecule has 0 unspecified atom stereocenters. The lowest BCUT2D eigenvalue weighted by Gasteiger charge is -2.42. The quantitative estimate of drug-likeness (QED) is 0.818. The number of nitrogens with one attached hydrogen (secondary N) is 1. The molecule has 6 nitrogen and oxygen atoms in total. The van der Waals surface area contributed by atoms with E-state index in [0.29, 0.717) is 6.54 Å². The van der Waals surface area contributed by atoms with Gasteiger partial charge in [0.15, 0.2) is 0 Å². The Labute approximate surface area is 121 Å². The Bertz CT molecular complexity index is 346. The molecule has 0 saturated carbocycles. The van der Waals surface area contributed by atoms with Gasteiger partial charge in [0.05, 0.1) is 0 Å². The summed E-state index contributed by atoms with van der Waals surface area (Å²) in [5.41, 5.74) is -0.504. The SMILES string of the molecule is CCN(C(=O)N(CC(=O)O)C(C)(C)C)C1CCNCC1. The van der Waals surface area contributed by atoms with Gasteiger partial charge in [0, 0.05) is 18.1 Å². The number of carbonyl (C=O) groups excluding carboxylic acids is 1. The van der Waals surface area contributed by atoms with E-state index in [1.165, 1.54) is 4.90 Å². The summed E-state index contributed by atoms with van der Waals surface area (Å²) in [7, 11) is 0. The molecule has 1 aliphatic rings. The number of aliphatic carboxylic acids is 1. The average Bonchev–Trinajstić information content (AvgIpc) is 2.36. The van der Waals surface area contributed by atoms with Crippen LogP contribution in [0, 0.1) is 0 Å². The molecule has 20 heavy (non-hydrogen) atoms. The van der Waals surface area contributed by atoms with E-state index in [4.69, 9.17) is 5.11 Å². The number of carboxylic acids is 1. The minimum atomic E-state index is -0.977. The van der Waals surface area contributed by atoms with Gasteiger partial charge < -0.3 is 20.2 Å². The fourth-order valence-electron chi connectivity index (χ4n) is 2.55. The molecule has 0 aliphatic carbocycles. The third-order valence-electron chi connectivity index (χ3n) is 3.67. The zero-order chi connectivity index (χ0) is 15.3. The van der Waals surface area contributed by atoms with Crippen molar-refractivity contribution in [3.05, 3.63) is 0 Å². The van der Waals surface area contributed by atoms with Gasteiger partial charge >= 0.3 is 12.0 Å². The Morgan fingerprint density at radius 3 is 2.20 bits per heavy atom. The molecule has 0 bridgehead atoms. The second-order valence-electron chi connectivity index (χ2n) is 6.20. The van der Waals surface area contributed by atoms with Crippen molar-refractivity contribution in [3.8, 4) is 0 Å². The number of urea groups is 1. The Hall–Kier alpha value is -1.30. The summed E-state index contributed by atoms with van der Waals surface area (Å²) in [6.45, 7) is 9.70. The molecule has 1 aliphatic heterocycles. The third kappa shape index (κ3) is 4.37. The van der Waals surface area contributed by atoms with Gasteiger partial charge in [0.2, 0.25) is 0 Å². The summed E-state index contributed by atoms with van der Waals surface area (Å²) in [6, 6.07) is 0.0293. The van der Waals surface area contributed by atoms with Crippen molar-refractivity contribution in [2.24, 2.45) is 0 Å². The van der Waals surface area contributed by atoms with E-state index >= 15 is 0 Å². The van der Waals surface area contributed by atoms with Gasteiger partial charge in [0.25, 0.3) is 0 Å². The predicted octanol–water partition coefficient (Wildman–Crippen LogP) is 1.37. The summed E-state index contributed by atoms with van der Waals surface area (Å²) < 4.78 is 0. The van der Waals surface area contributed by atoms with Crippen LogP contribution in [0.15, 0.2) is 0 Å². The molecule has 0 spiro atoms. The monoisotopic (exact) mass is 285 g/mol. The van der Waals surface area contributed by atoms with E-state index in [1.807, 2.05) is 32.6 Å². The number of rotatable bonds is 4. The Balaban J connectivity index is 2.86. The smallest absolute Gasteiger partial charge is 0.323 e. The van der Waals surface area contributed by atoms with Crippen LogP contribution in [0.2, 0.25) is 0 Å². The summed E-state index contributed by atoms with van der Waals surface area (Å²) in [5.74, 6) is -0.977. The van der Waals surface area contributed by atoms with Gasteiger partial charge in [-0.3, -0.25) is 4.79 Å². The first kappa shape index (κ1) is 16.8. The highest BCUT2D eigenvalue weighted by Crippen LogP contribution is 2.20. The lowest BCUT2D eigenvalue weighted by Crippen LogP contribution is -2.57. The standard InChI is InChI=1S/C14H27N3O3/c1-5-16(11-6-8-15-9-7-11)13(20)17(10-12(18)19)14(2,3)4/h11,15H,5-10H2,1-4H3,(H,18,19). The van der Waals surface area contributed by atoms with E-state index in [-0.39, 0.29) is 18.6 Å². The van der Waals surface area contributed by atoms with Crippen molar-refractivity contribution in [3.63, 3.8) is 0 Å². The number of carboxylic acid groups (broad SMARTS) is 1. The predicted molar refractivity (Wildman–Crippen MR) is 77.8 cm³/mol. The van der Waals surface area contributed by atoms with Crippen molar-refractivity contribution >= 4 is 12.0 Å². The molecule has 2 amide bonds. The fourth-order valence-corrected chi connectivity index (χ4v) is 2.55. The molecule has 0 aromatic carbocycles. The van der Waals surface area contributed by atoms with Crippen molar-refractivity contribution in [2.45, 2.75) is 52.1 Å². The molecule has 1 fully saturated rings. The van der Waals surface area contributed by atoms with E-state index in [1.54, 1.807) is 0 Å². The van der Waals surface area contributed by atoms with Crippen molar-refractivity contribution in [1.29, 1.82) is 0 Å². The van der Waals surface area contributed by atoms with E-state index < -0.39 is 11.5 Å². The molecule has 1 rings (SSSR count). The molecule has 1 saturated heterocycles. The van der Waals surface area contributed by atoms with Crippen molar-refractivity contribution in [2.75, 3.05) is 26.2 Å². The summed E-state index contributed by atoms with van der Waals surface area (Å²) >= 11 is 0. The molecule has 116 valence electrons. The van der Waals surface area contributed by atoms with Crippen LogP contribution in [0.25, 0.3) is 0 Å². The van der Waals surface area contributed by atoms with Crippen molar-refractivity contribution < 1.29 is 14.7 Å². The zero-order valence-corrected chi connectivity index (χ0v) is 13.0. The van der Waals surface area contributed by atoms with Crippen molar-refractivity contribution in [1.82, 2.24) is 15.1 Å². The lowest BCUT2D eigenvalue weighted by molar-refractivity contribution is -0.138. The number of carbonyl (C=O) groups is 2. The van der Waals surface area contributed by atoms with E-state index in [0.717, 1.165) is 25.9 Å². The molecule has 2 N–H and O–H groups in total. The second-order valence-corrected chi connectivity index (χ2v) is 6.20. The summed E-state index contributed by atoms with van der Waals surface area (Å²) in [4.78, 5) is 27.0. The van der Waals surface area contributed by atoms with E-state index in [9.17, 15) is 9.59 Å². The number of hydrogen-bond donors (Lipinski definition) is 2. The van der Waals surface area contributed by atoms with Gasteiger partial charge in [-0.15, -0.1) is 0 Å². The van der Waals surface area contributed by atoms with E-state index in [2.05, 4.69) is 5.32 Å². The topological polar surface area (TPSA) is 72.9 Å². The Kier molecular flexibility index (Phi) is 5.80. The molecular formula is C14H27N3O3. The first-order chi connectivity index (χ1) is 9.27. The first-order valence-electron chi connectivity index (χ1n) is 7.28. The fraction of sp³-hybridized carbons (Fsp3) is 0.857. The lowest BCUT2D eigenvalue weighted by atomic mass is 10.0. The Morgan fingerprint density at radius 1 is 1.25 bits per heavy atom. The Morgan fingerprint density at radius 2 is 1.80 bits per heavy atom. The van der Waals surface area contributed by atoms with Crippen LogP contribution in [0.1, 0.15) is 40.5 Å². The van der Waals surface area contributed by atoms with Gasteiger partial charge in [-0.05, 0) is 53.6 Å². The number of nitrogens with zero attached hydrogens (tertiary/aromatic N) is 2. The minimum Gasteiger partial charge on any atom is -0.480 e. The van der Waals surface area contributed by atoms with Gasteiger partial charge in [-0.25, -0.2) is 4.79 Å². The van der Waals surface area contributed by atoms with Gasteiger partial charge in [0.1, 0.15) is 6.54 Å². The molecule has 6 heteroatoms. The normalized spacial score (nSPS) is 16.8. The third-order valence-corrected chi connectivity index (χ3v) is 3.67. The van der Waals surface area contributed by atoms with Gasteiger partial charge in [-0.1, -0.05) is 0 Å². The molecule has 0 radical (unpaired) electrons. The van der Waals surface area contributed by atoms with Crippen LogP contribution < -0.4 is 5.32 Å². The summed E-state index contributed by atoms with van der Waals surface area (Å²) in [5, 5.41) is 12.3. The maximum atomic E-state index is 12.7. The van der Waals surface area contributed by atoms with Crippen LogP contribution in [0.3, 0.4) is 0 Å². The maximum Gasteiger partial charge on any atom is 0.323 e. The highest BCUT2D eigenvalue weighted by atomic mass is 16.4. The molecular weight excluding hydrogens is 258 g/mol. The largest absolute Gasteiger partial charge is 0.480 e. The van der Waals surface area contributed by atoms with Crippen LogP contribution in [0.5, 0.6) is 0 Å².